The third kappa shape index (κ3) is 1.74. The lowest BCUT2D eigenvalue weighted by Crippen LogP contribution is -2.05. The van der Waals surface area contributed by atoms with E-state index in [2.05, 4.69) is 12.0 Å². The molecule has 0 N–H and O–H groups in total. The third-order valence-corrected chi connectivity index (χ3v) is 2.78. The molecule has 0 aliphatic heterocycles. The molecule has 0 radical (unpaired) electrons. The number of hydrogen-bond acceptors (Lipinski definition) is 1. The zero-order chi connectivity index (χ0) is 9.26. The summed E-state index contributed by atoms with van der Waals surface area (Å²) in [7, 11) is 0. The van der Waals surface area contributed by atoms with Crippen molar-refractivity contribution < 1.29 is 4.39 Å². The van der Waals surface area contributed by atoms with Crippen LogP contribution in [0, 0.1) is 0 Å². The van der Waals surface area contributed by atoms with Gasteiger partial charge in [0.2, 0.25) is 0 Å². The number of hydrogen-bond donors (Lipinski definition) is 0. The van der Waals surface area contributed by atoms with Crippen LogP contribution in [-0.4, -0.2) is 16.0 Å². The smallest absolute Gasteiger partial charge is 0.102 e. The van der Waals surface area contributed by atoms with E-state index < -0.39 is 6.17 Å². The average Bonchev–Trinajstić information content (AvgIpc) is 2.71. The number of rotatable bonds is 2. The van der Waals surface area contributed by atoms with Gasteiger partial charge in [-0.25, -0.2) is 4.39 Å². The molecule has 13 heavy (non-hydrogen) atoms. The van der Waals surface area contributed by atoms with Gasteiger partial charge in [0.1, 0.15) is 6.17 Å². The van der Waals surface area contributed by atoms with E-state index in [1.54, 1.807) is 0 Å². The lowest BCUT2D eigenvalue weighted by Gasteiger charge is -2.08. The van der Waals surface area contributed by atoms with Crippen LogP contribution in [0.5, 0.6) is 0 Å². The van der Waals surface area contributed by atoms with Gasteiger partial charge < -0.3 is 0 Å². The Morgan fingerprint density at radius 3 is 3.00 bits per heavy atom. The second kappa shape index (κ2) is 3.48. The number of alkyl halides is 1. The van der Waals surface area contributed by atoms with Crippen molar-refractivity contribution in [3.05, 3.63) is 18.0 Å². The minimum Gasteiger partial charge on any atom is -0.269 e. The van der Waals surface area contributed by atoms with Crippen molar-refractivity contribution in [1.29, 1.82) is 0 Å². The highest BCUT2D eigenvalue weighted by Crippen LogP contribution is 2.31. The highest BCUT2D eigenvalue weighted by atomic mass is 19.1. The fourth-order valence-electron chi connectivity index (χ4n) is 1.90. The fourth-order valence-corrected chi connectivity index (χ4v) is 1.90. The molecule has 1 saturated carbocycles. The number of aryl methyl sites for hydroxylation is 1. The quantitative estimate of drug-likeness (QED) is 0.687. The topological polar surface area (TPSA) is 17.8 Å². The van der Waals surface area contributed by atoms with Gasteiger partial charge in [-0.1, -0.05) is 6.92 Å². The van der Waals surface area contributed by atoms with E-state index in [1.807, 2.05) is 17.1 Å². The Kier molecular flexibility index (Phi) is 2.34. The monoisotopic (exact) mass is 182 g/mol. The van der Waals surface area contributed by atoms with Crippen molar-refractivity contribution in [2.24, 2.45) is 0 Å². The van der Waals surface area contributed by atoms with E-state index in [-0.39, 0.29) is 0 Å². The molecule has 1 aromatic heterocycles. The van der Waals surface area contributed by atoms with E-state index in [0.29, 0.717) is 18.9 Å². The van der Waals surface area contributed by atoms with Crippen LogP contribution >= 0.6 is 0 Å². The van der Waals surface area contributed by atoms with Crippen molar-refractivity contribution in [2.75, 3.05) is 0 Å². The van der Waals surface area contributed by atoms with Crippen molar-refractivity contribution in [1.82, 2.24) is 9.78 Å². The molecule has 2 unspecified atom stereocenters. The summed E-state index contributed by atoms with van der Waals surface area (Å²) in [4.78, 5) is 0. The second-order valence-corrected chi connectivity index (χ2v) is 3.75. The number of halogens is 1. The molecule has 1 aliphatic rings. The molecule has 0 amide bonds. The van der Waals surface area contributed by atoms with E-state index in [0.717, 1.165) is 12.8 Å². The minimum atomic E-state index is -0.612. The molecule has 0 saturated heterocycles. The zero-order valence-electron chi connectivity index (χ0n) is 7.91. The lowest BCUT2D eigenvalue weighted by molar-refractivity contribution is 0.326. The fraction of sp³-hybridized carbons (Fsp3) is 0.700. The molecule has 1 fully saturated rings. The average molecular weight is 182 g/mol. The second-order valence-electron chi connectivity index (χ2n) is 3.75. The van der Waals surface area contributed by atoms with Gasteiger partial charge in [-0.2, -0.15) is 5.10 Å². The van der Waals surface area contributed by atoms with Crippen molar-refractivity contribution in [3.8, 4) is 0 Å². The molecule has 0 bridgehead atoms. The van der Waals surface area contributed by atoms with Crippen LogP contribution in [-0.2, 0) is 6.42 Å². The molecule has 1 aliphatic carbocycles. The van der Waals surface area contributed by atoms with Crippen LogP contribution in [0.15, 0.2) is 12.4 Å². The van der Waals surface area contributed by atoms with Crippen LogP contribution in [0.1, 0.15) is 37.8 Å². The highest BCUT2D eigenvalue weighted by molar-refractivity contribution is 5.04. The maximum Gasteiger partial charge on any atom is 0.102 e. The van der Waals surface area contributed by atoms with Gasteiger partial charge in [0.05, 0.1) is 12.2 Å². The highest BCUT2D eigenvalue weighted by Gasteiger charge is 2.25. The van der Waals surface area contributed by atoms with E-state index in [4.69, 9.17) is 0 Å². The predicted molar refractivity (Wildman–Crippen MR) is 49.4 cm³/mol. The molecule has 1 aromatic rings. The zero-order valence-corrected chi connectivity index (χ0v) is 7.91. The van der Waals surface area contributed by atoms with Gasteiger partial charge >= 0.3 is 0 Å². The Hall–Kier alpha value is -0.860. The molecule has 1 heterocycles. The predicted octanol–water partition coefficient (Wildman–Crippen LogP) is 2.51. The Morgan fingerprint density at radius 2 is 2.46 bits per heavy atom. The van der Waals surface area contributed by atoms with Crippen molar-refractivity contribution in [2.45, 2.75) is 44.8 Å². The van der Waals surface area contributed by atoms with Crippen LogP contribution in [0.25, 0.3) is 0 Å². The molecule has 2 rings (SSSR count). The molecule has 2 atom stereocenters. The molecule has 2 nitrogen and oxygen atoms in total. The SMILES string of the molecule is CCc1cnn(C2CCC(F)C2)c1. The van der Waals surface area contributed by atoms with E-state index >= 15 is 0 Å². The largest absolute Gasteiger partial charge is 0.269 e. The first-order valence-corrected chi connectivity index (χ1v) is 4.96. The Bertz CT molecular complexity index is 282. The maximum absolute atomic E-state index is 12.9. The summed E-state index contributed by atoms with van der Waals surface area (Å²) in [6, 6.07) is 0.301. The molecule has 3 heteroatoms. The molecule has 0 aromatic carbocycles. The van der Waals surface area contributed by atoms with Crippen molar-refractivity contribution in [3.63, 3.8) is 0 Å². The standard InChI is InChI=1S/C10H15FN2/c1-2-8-6-12-13(7-8)10-4-3-9(11)5-10/h6-7,9-10H,2-5H2,1H3. The Labute approximate surface area is 77.8 Å². The van der Waals surface area contributed by atoms with Crippen LogP contribution in [0.2, 0.25) is 0 Å². The summed E-state index contributed by atoms with van der Waals surface area (Å²) in [6.07, 6.45) is 6.60. The third-order valence-electron chi connectivity index (χ3n) is 2.78. The molecular formula is C10H15FN2. The Balaban J connectivity index is 2.08. The summed E-state index contributed by atoms with van der Waals surface area (Å²) in [6.45, 7) is 2.11. The first-order chi connectivity index (χ1) is 6.29. The number of aromatic nitrogens is 2. The van der Waals surface area contributed by atoms with E-state index in [9.17, 15) is 4.39 Å². The summed E-state index contributed by atoms with van der Waals surface area (Å²) >= 11 is 0. The van der Waals surface area contributed by atoms with Gasteiger partial charge in [-0.3, -0.25) is 4.68 Å². The first-order valence-electron chi connectivity index (χ1n) is 4.96. The summed E-state index contributed by atoms with van der Waals surface area (Å²) in [5.74, 6) is 0. The van der Waals surface area contributed by atoms with Gasteiger partial charge in [0.15, 0.2) is 0 Å². The summed E-state index contributed by atoms with van der Waals surface area (Å²) in [5, 5.41) is 4.25. The summed E-state index contributed by atoms with van der Waals surface area (Å²) < 4.78 is 14.8. The Morgan fingerprint density at radius 1 is 1.62 bits per heavy atom. The van der Waals surface area contributed by atoms with Gasteiger partial charge in [0.25, 0.3) is 0 Å². The van der Waals surface area contributed by atoms with Crippen molar-refractivity contribution >= 4 is 0 Å². The molecule has 0 spiro atoms. The van der Waals surface area contributed by atoms with Gasteiger partial charge in [-0.05, 0) is 24.8 Å². The normalized spacial score (nSPS) is 28.2. The first kappa shape index (κ1) is 8.73. The van der Waals surface area contributed by atoms with Crippen LogP contribution < -0.4 is 0 Å². The van der Waals surface area contributed by atoms with Crippen LogP contribution in [0.4, 0.5) is 4.39 Å². The summed E-state index contributed by atoms with van der Waals surface area (Å²) in [5.41, 5.74) is 1.24. The van der Waals surface area contributed by atoms with Crippen LogP contribution in [0.3, 0.4) is 0 Å². The lowest BCUT2D eigenvalue weighted by atomic mass is 10.2. The number of nitrogens with zero attached hydrogens (tertiary/aromatic N) is 2. The molecular weight excluding hydrogens is 167 g/mol. The van der Waals surface area contributed by atoms with E-state index in [1.165, 1.54) is 5.56 Å². The maximum atomic E-state index is 12.9. The van der Waals surface area contributed by atoms with Gasteiger partial charge in [-0.15, -0.1) is 0 Å². The minimum absolute atomic E-state index is 0.301. The van der Waals surface area contributed by atoms with Gasteiger partial charge in [0, 0.05) is 12.6 Å². The molecule has 72 valence electrons.